The lowest BCUT2D eigenvalue weighted by Crippen LogP contribution is -2.18. The van der Waals surface area contributed by atoms with Crippen molar-refractivity contribution in [1.82, 2.24) is 0 Å². The van der Waals surface area contributed by atoms with E-state index in [-0.39, 0.29) is 0 Å². The van der Waals surface area contributed by atoms with Gasteiger partial charge in [0.15, 0.2) is 5.84 Å². The molecule has 5 heteroatoms. The van der Waals surface area contributed by atoms with Crippen molar-refractivity contribution >= 4 is 19.1 Å². The van der Waals surface area contributed by atoms with Crippen molar-refractivity contribution in [2.24, 2.45) is 21.2 Å². The monoisotopic (exact) mass is 200 g/mol. The number of rotatable bonds is 2. The van der Waals surface area contributed by atoms with Gasteiger partial charge in [-0.1, -0.05) is 16.6 Å². The van der Waals surface area contributed by atoms with Crippen LogP contribution in [-0.2, 0) is 0 Å². The maximum atomic E-state index is 5.83. The van der Waals surface area contributed by atoms with Crippen LogP contribution in [-0.4, -0.2) is 20.7 Å². The molecule has 0 aromatic heterocycles. The molecule has 0 saturated heterocycles. The second-order valence-electron chi connectivity index (χ2n) is 3.30. The van der Waals surface area contributed by atoms with E-state index in [2.05, 4.69) is 15.4 Å². The fraction of sp³-hybridized carbons (Fsp3) is 0.300. The summed E-state index contributed by atoms with van der Waals surface area (Å²) in [5.74, 6) is 0.340. The Hall–Kier alpha value is -1.65. The minimum atomic E-state index is 0.340. The second-order valence-corrected chi connectivity index (χ2v) is 3.30. The molecule has 76 valence electrons. The first-order valence-electron chi connectivity index (χ1n) is 4.55. The standard InChI is InChI=1S/C10H13BN4/c1-6-4-8(5-7(2)9(6)11)10(12)14-15-13-3/h4-5H,1-3H3,(H2,12,13,14). The van der Waals surface area contributed by atoms with Gasteiger partial charge in [0.2, 0.25) is 0 Å². The van der Waals surface area contributed by atoms with Gasteiger partial charge in [0, 0.05) is 5.56 Å². The number of benzene rings is 1. The lowest BCUT2D eigenvalue weighted by Gasteiger charge is -2.08. The molecule has 0 saturated carbocycles. The Labute approximate surface area is 90.7 Å². The molecule has 0 fully saturated rings. The van der Waals surface area contributed by atoms with E-state index in [1.165, 1.54) is 7.05 Å². The molecule has 0 unspecified atom stereocenters. The molecule has 4 nitrogen and oxygen atoms in total. The number of hydrogen-bond acceptors (Lipinski definition) is 2. The minimum Gasteiger partial charge on any atom is -0.382 e. The lowest BCUT2D eigenvalue weighted by atomic mass is 9.85. The zero-order valence-electron chi connectivity index (χ0n) is 9.15. The van der Waals surface area contributed by atoms with Gasteiger partial charge in [-0.05, 0) is 31.2 Å². The lowest BCUT2D eigenvalue weighted by molar-refractivity contribution is 1.02. The number of aryl methyl sites for hydroxylation is 2. The zero-order chi connectivity index (χ0) is 11.4. The molecule has 0 heterocycles. The van der Waals surface area contributed by atoms with Gasteiger partial charge in [-0.15, -0.1) is 5.10 Å². The molecule has 1 rings (SSSR count). The molecule has 0 aliphatic rings. The summed E-state index contributed by atoms with van der Waals surface area (Å²) in [6, 6.07) is 3.76. The summed E-state index contributed by atoms with van der Waals surface area (Å²) in [7, 11) is 7.37. The van der Waals surface area contributed by atoms with Crippen LogP contribution in [0.15, 0.2) is 27.6 Å². The van der Waals surface area contributed by atoms with Crippen molar-refractivity contribution in [3.63, 3.8) is 0 Å². The van der Waals surface area contributed by atoms with E-state index >= 15 is 0 Å². The first-order valence-corrected chi connectivity index (χ1v) is 4.55. The van der Waals surface area contributed by atoms with Gasteiger partial charge in [-0.2, -0.15) is 5.11 Å². The Bertz CT molecular complexity index is 400. The molecular weight excluding hydrogens is 187 g/mol. The van der Waals surface area contributed by atoms with Gasteiger partial charge in [0.05, 0.1) is 7.05 Å². The van der Waals surface area contributed by atoms with Gasteiger partial charge in [0.1, 0.15) is 7.85 Å². The molecule has 0 aliphatic heterocycles. The van der Waals surface area contributed by atoms with Crippen LogP contribution in [0.25, 0.3) is 0 Å². The Balaban J connectivity index is 3.17. The Kier molecular flexibility index (Phi) is 3.60. The maximum absolute atomic E-state index is 5.83. The number of nitrogens with two attached hydrogens (primary N) is 1. The summed E-state index contributed by atoms with van der Waals surface area (Å²) >= 11 is 0. The normalized spacial score (nSPS) is 12.3. The summed E-state index contributed by atoms with van der Waals surface area (Å²) in [5.41, 5.74) is 9.28. The second kappa shape index (κ2) is 4.73. The minimum absolute atomic E-state index is 0.340. The Morgan fingerprint density at radius 2 is 1.80 bits per heavy atom. The summed E-state index contributed by atoms with van der Waals surface area (Å²) in [6.07, 6.45) is 0. The van der Waals surface area contributed by atoms with Crippen molar-refractivity contribution in [3.8, 4) is 0 Å². The highest BCUT2D eigenvalue weighted by Gasteiger charge is 2.03. The SMILES string of the molecule is [B]c1c(C)cc(/C(N)=N/N=NC)cc1C. The average molecular weight is 200 g/mol. The third-order valence-corrected chi connectivity index (χ3v) is 2.13. The first kappa shape index (κ1) is 11.4. The van der Waals surface area contributed by atoms with E-state index < -0.39 is 0 Å². The van der Waals surface area contributed by atoms with Crippen LogP contribution in [0.3, 0.4) is 0 Å². The fourth-order valence-electron chi connectivity index (χ4n) is 1.27. The van der Waals surface area contributed by atoms with Crippen LogP contribution in [0, 0.1) is 13.8 Å². The molecule has 2 N–H and O–H groups in total. The Morgan fingerprint density at radius 1 is 1.27 bits per heavy atom. The molecule has 0 spiro atoms. The number of hydrogen-bond donors (Lipinski definition) is 1. The summed E-state index contributed by atoms with van der Waals surface area (Å²) in [5, 5.41) is 10.7. The zero-order valence-corrected chi connectivity index (χ0v) is 9.15. The predicted octanol–water partition coefficient (Wildman–Crippen LogP) is 0.800. The molecule has 0 amide bonds. The largest absolute Gasteiger partial charge is 0.382 e. The first-order chi connectivity index (χ1) is 7.06. The smallest absolute Gasteiger partial charge is 0.155 e. The highest BCUT2D eigenvalue weighted by molar-refractivity contribution is 6.34. The van der Waals surface area contributed by atoms with Crippen LogP contribution in [0.1, 0.15) is 16.7 Å². The van der Waals surface area contributed by atoms with Gasteiger partial charge < -0.3 is 5.73 Å². The third kappa shape index (κ3) is 2.65. The molecule has 2 radical (unpaired) electrons. The summed E-state index contributed by atoms with van der Waals surface area (Å²) < 4.78 is 0. The van der Waals surface area contributed by atoms with Crippen molar-refractivity contribution in [2.45, 2.75) is 13.8 Å². The topological polar surface area (TPSA) is 63.1 Å². The van der Waals surface area contributed by atoms with Gasteiger partial charge >= 0.3 is 0 Å². The van der Waals surface area contributed by atoms with Crippen molar-refractivity contribution in [2.75, 3.05) is 7.05 Å². The van der Waals surface area contributed by atoms with E-state index in [0.29, 0.717) is 5.84 Å². The highest BCUT2D eigenvalue weighted by atomic mass is 15.4. The van der Waals surface area contributed by atoms with Crippen molar-refractivity contribution < 1.29 is 0 Å². The van der Waals surface area contributed by atoms with Crippen LogP contribution < -0.4 is 11.2 Å². The average Bonchev–Trinajstić information content (AvgIpc) is 2.21. The van der Waals surface area contributed by atoms with Crippen LogP contribution in [0.4, 0.5) is 0 Å². The van der Waals surface area contributed by atoms with Crippen LogP contribution >= 0.6 is 0 Å². The molecular formula is C10H13BN4. The van der Waals surface area contributed by atoms with E-state index in [4.69, 9.17) is 13.6 Å². The van der Waals surface area contributed by atoms with Crippen LogP contribution in [0.2, 0.25) is 0 Å². The van der Waals surface area contributed by atoms with E-state index in [0.717, 1.165) is 22.2 Å². The van der Waals surface area contributed by atoms with Crippen molar-refractivity contribution in [1.29, 1.82) is 0 Å². The highest BCUT2D eigenvalue weighted by Crippen LogP contribution is 2.05. The molecule has 15 heavy (non-hydrogen) atoms. The van der Waals surface area contributed by atoms with E-state index in [1.807, 2.05) is 26.0 Å². The van der Waals surface area contributed by atoms with E-state index in [9.17, 15) is 0 Å². The third-order valence-electron chi connectivity index (χ3n) is 2.13. The van der Waals surface area contributed by atoms with Crippen molar-refractivity contribution in [3.05, 3.63) is 28.8 Å². The molecule has 0 atom stereocenters. The molecule has 0 aliphatic carbocycles. The quantitative estimate of drug-likeness (QED) is 0.248. The number of amidine groups is 1. The molecule has 1 aromatic rings. The fourth-order valence-corrected chi connectivity index (χ4v) is 1.27. The Morgan fingerprint density at radius 3 is 2.27 bits per heavy atom. The predicted molar refractivity (Wildman–Crippen MR) is 62.8 cm³/mol. The number of nitrogens with zero attached hydrogens (tertiary/aromatic N) is 3. The van der Waals surface area contributed by atoms with Gasteiger partial charge in [-0.3, -0.25) is 0 Å². The van der Waals surface area contributed by atoms with Gasteiger partial charge in [-0.25, -0.2) is 0 Å². The van der Waals surface area contributed by atoms with Crippen LogP contribution in [0.5, 0.6) is 0 Å². The van der Waals surface area contributed by atoms with Gasteiger partial charge in [0.25, 0.3) is 0 Å². The molecule has 0 bridgehead atoms. The van der Waals surface area contributed by atoms with E-state index in [1.54, 1.807) is 0 Å². The molecule has 1 aromatic carbocycles. The summed E-state index contributed by atoms with van der Waals surface area (Å²) in [4.78, 5) is 0. The summed E-state index contributed by atoms with van der Waals surface area (Å²) in [6.45, 7) is 3.86. The maximum Gasteiger partial charge on any atom is 0.155 e.